The van der Waals surface area contributed by atoms with Gasteiger partial charge >= 0.3 is 0 Å². The Bertz CT molecular complexity index is 111. The van der Waals surface area contributed by atoms with Gasteiger partial charge < -0.3 is 14.2 Å². The topological polar surface area (TPSA) is 27.7 Å². The normalized spacial score (nSPS) is 20.5. The highest BCUT2D eigenvalue weighted by atomic mass is 16.8. The second kappa shape index (κ2) is 4.80. The largest absolute Gasteiger partial charge is 0.370 e. The van der Waals surface area contributed by atoms with Crippen molar-refractivity contribution in [1.82, 2.24) is 0 Å². The molecule has 1 aliphatic rings. The summed E-state index contributed by atoms with van der Waals surface area (Å²) in [5.74, 6) is -0.397. The van der Waals surface area contributed by atoms with Crippen molar-refractivity contribution in [2.24, 2.45) is 0 Å². The second-order valence-electron chi connectivity index (χ2n) is 3.10. The van der Waals surface area contributed by atoms with E-state index in [0.29, 0.717) is 13.2 Å². The molecule has 12 heavy (non-hydrogen) atoms. The maximum Gasteiger partial charge on any atom is 0.216 e. The fourth-order valence-corrected chi connectivity index (χ4v) is 1.05. The molecule has 3 nitrogen and oxygen atoms in total. The second-order valence-corrected chi connectivity index (χ2v) is 3.10. The van der Waals surface area contributed by atoms with Crippen LogP contribution in [0.5, 0.6) is 0 Å². The van der Waals surface area contributed by atoms with Gasteiger partial charge in [0.1, 0.15) is 13.2 Å². The van der Waals surface area contributed by atoms with Crippen LogP contribution >= 0.6 is 0 Å². The zero-order chi connectivity index (χ0) is 8.86. The maximum absolute atomic E-state index is 5.57. The molecule has 0 aliphatic carbocycles. The lowest BCUT2D eigenvalue weighted by atomic mass is 10.2. The monoisotopic (exact) mass is 174 g/mol. The van der Waals surface area contributed by atoms with Crippen LogP contribution < -0.4 is 0 Å². The van der Waals surface area contributed by atoms with Crippen molar-refractivity contribution in [2.45, 2.75) is 32.5 Å². The lowest BCUT2D eigenvalue weighted by molar-refractivity contribution is -0.341. The van der Waals surface area contributed by atoms with Crippen molar-refractivity contribution >= 4 is 0 Å². The standard InChI is InChI=1S/C9H18O3/c1-3-5-11-9(7-10-8-9)12-6-4-2/h3-8H2,1-2H3. The first-order valence-electron chi connectivity index (χ1n) is 4.68. The van der Waals surface area contributed by atoms with E-state index in [1.165, 1.54) is 0 Å². The smallest absolute Gasteiger partial charge is 0.216 e. The molecule has 0 spiro atoms. The Morgan fingerprint density at radius 3 is 1.83 bits per heavy atom. The molecule has 0 amide bonds. The van der Waals surface area contributed by atoms with Gasteiger partial charge in [0.05, 0.1) is 0 Å². The molecule has 1 fully saturated rings. The van der Waals surface area contributed by atoms with Crippen LogP contribution in [0.25, 0.3) is 0 Å². The summed E-state index contributed by atoms with van der Waals surface area (Å²) >= 11 is 0. The van der Waals surface area contributed by atoms with Gasteiger partial charge in [-0.05, 0) is 12.8 Å². The Kier molecular flexibility index (Phi) is 3.98. The zero-order valence-electron chi connectivity index (χ0n) is 7.97. The highest BCUT2D eigenvalue weighted by Crippen LogP contribution is 2.23. The lowest BCUT2D eigenvalue weighted by Crippen LogP contribution is -2.54. The molecular weight excluding hydrogens is 156 g/mol. The van der Waals surface area contributed by atoms with Crippen molar-refractivity contribution < 1.29 is 14.2 Å². The van der Waals surface area contributed by atoms with Crippen LogP contribution in [0.15, 0.2) is 0 Å². The minimum atomic E-state index is -0.397. The molecule has 0 atom stereocenters. The predicted molar refractivity (Wildman–Crippen MR) is 46.0 cm³/mol. The van der Waals surface area contributed by atoms with Crippen LogP contribution in [-0.2, 0) is 14.2 Å². The van der Waals surface area contributed by atoms with Crippen LogP contribution in [0.4, 0.5) is 0 Å². The molecule has 1 rings (SSSR count). The number of rotatable bonds is 6. The summed E-state index contributed by atoms with van der Waals surface area (Å²) in [6, 6.07) is 0. The first kappa shape index (κ1) is 9.96. The third-order valence-electron chi connectivity index (χ3n) is 1.78. The van der Waals surface area contributed by atoms with E-state index in [1.54, 1.807) is 0 Å². The molecule has 0 aromatic heterocycles. The van der Waals surface area contributed by atoms with Gasteiger partial charge in [-0.2, -0.15) is 0 Å². The fraction of sp³-hybridized carbons (Fsp3) is 1.00. The van der Waals surface area contributed by atoms with Gasteiger partial charge in [-0.15, -0.1) is 0 Å². The van der Waals surface area contributed by atoms with Gasteiger partial charge in [0, 0.05) is 13.2 Å². The average molecular weight is 174 g/mol. The molecule has 0 aromatic rings. The van der Waals surface area contributed by atoms with Crippen LogP contribution in [-0.4, -0.2) is 32.2 Å². The molecule has 1 saturated heterocycles. The van der Waals surface area contributed by atoms with E-state index in [2.05, 4.69) is 13.8 Å². The first-order chi connectivity index (χ1) is 5.83. The Morgan fingerprint density at radius 2 is 1.58 bits per heavy atom. The third kappa shape index (κ3) is 2.44. The van der Waals surface area contributed by atoms with Crippen LogP contribution in [0.1, 0.15) is 26.7 Å². The van der Waals surface area contributed by atoms with Crippen molar-refractivity contribution in [3.63, 3.8) is 0 Å². The summed E-state index contributed by atoms with van der Waals surface area (Å²) in [6.07, 6.45) is 2.05. The summed E-state index contributed by atoms with van der Waals surface area (Å²) in [5, 5.41) is 0. The minimum absolute atomic E-state index is 0.397. The Labute approximate surface area is 74.0 Å². The summed E-state index contributed by atoms with van der Waals surface area (Å²) < 4.78 is 16.2. The van der Waals surface area contributed by atoms with E-state index in [9.17, 15) is 0 Å². The molecule has 0 saturated carbocycles. The lowest BCUT2D eigenvalue weighted by Gasteiger charge is -2.40. The van der Waals surface area contributed by atoms with E-state index < -0.39 is 5.79 Å². The van der Waals surface area contributed by atoms with E-state index in [1.807, 2.05) is 0 Å². The minimum Gasteiger partial charge on any atom is -0.370 e. The number of ether oxygens (including phenoxy) is 3. The molecule has 1 aliphatic heterocycles. The molecule has 0 aromatic carbocycles. The van der Waals surface area contributed by atoms with Gasteiger partial charge in [0.15, 0.2) is 0 Å². The summed E-state index contributed by atoms with van der Waals surface area (Å²) in [4.78, 5) is 0. The van der Waals surface area contributed by atoms with E-state index >= 15 is 0 Å². The molecule has 1 heterocycles. The molecule has 0 N–H and O–H groups in total. The summed E-state index contributed by atoms with van der Waals surface area (Å²) in [6.45, 7) is 6.88. The Morgan fingerprint density at radius 1 is 1.08 bits per heavy atom. The molecular formula is C9H18O3. The molecule has 3 heteroatoms. The van der Waals surface area contributed by atoms with Crippen LogP contribution in [0, 0.1) is 0 Å². The van der Waals surface area contributed by atoms with Crippen molar-refractivity contribution in [1.29, 1.82) is 0 Å². The zero-order valence-corrected chi connectivity index (χ0v) is 7.97. The van der Waals surface area contributed by atoms with Gasteiger partial charge in [-0.1, -0.05) is 13.8 Å². The Balaban J connectivity index is 2.19. The molecule has 0 unspecified atom stereocenters. The first-order valence-corrected chi connectivity index (χ1v) is 4.68. The SMILES string of the molecule is CCCOC1(OCCC)COC1. The average Bonchev–Trinajstić information content (AvgIpc) is 2.02. The quantitative estimate of drug-likeness (QED) is 0.572. The third-order valence-corrected chi connectivity index (χ3v) is 1.78. The Hall–Kier alpha value is -0.120. The molecule has 72 valence electrons. The van der Waals surface area contributed by atoms with Gasteiger partial charge in [-0.3, -0.25) is 0 Å². The predicted octanol–water partition coefficient (Wildman–Crippen LogP) is 1.57. The summed E-state index contributed by atoms with van der Waals surface area (Å²) in [5.41, 5.74) is 0. The van der Waals surface area contributed by atoms with Crippen LogP contribution in [0.2, 0.25) is 0 Å². The van der Waals surface area contributed by atoms with Crippen molar-refractivity contribution in [2.75, 3.05) is 26.4 Å². The van der Waals surface area contributed by atoms with E-state index in [-0.39, 0.29) is 0 Å². The maximum atomic E-state index is 5.57. The van der Waals surface area contributed by atoms with Gasteiger partial charge in [-0.25, -0.2) is 0 Å². The number of hydrogen-bond donors (Lipinski definition) is 0. The van der Waals surface area contributed by atoms with Gasteiger partial charge in [0.2, 0.25) is 5.79 Å². The fourth-order valence-electron chi connectivity index (χ4n) is 1.05. The molecule has 0 radical (unpaired) electrons. The summed E-state index contributed by atoms with van der Waals surface area (Å²) in [7, 11) is 0. The van der Waals surface area contributed by atoms with E-state index in [0.717, 1.165) is 26.1 Å². The van der Waals surface area contributed by atoms with Crippen molar-refractivity contribution in [3.05, 3.63) is 0 Å². The highest BCUT2D eigenvalue weighted by molar-refractivity contribution is 4.77. The molecule has 0 bridgehead atoms. The number of hydrogen-bond acceptors (Lipinski definition) is 3. The van der Waals surface area contributed by atoms with Gasteiger partial charge in [0.25, 0.3) is 0 Å². The van der Waals surface area contributed by atoms with Crippen LogP contribution in [0.3, 0.4) is 0 Å². The highest BCUT2D eigenvalue weighted by Gasteiger charge is 2.40. The van der Waals surface area contributed by atoms with Crippen molar-refractivity contribution in [3.8, 4) is 0 Å². The van der Waals surface area contributed by atoms with E-state index in [4.69, 9.17) is 14.2 Å².